The molecular weight excluding hydrogens is 338 g/mol. The highest BCUT2D eigenvalue weighted by molar-refractivity contribution is 6.09. The van der Waals surface area contributed by atoms with E-state index < -0.39 is 0 Å². The molecule has 130 valence electrons. The normalized spacial score (nSPS) is 9.70. The number of carbonyl (C=O) groups excluding carboxylic acids is 1. The number of nitrogens with zero attached hydrogens (tertiary/aromatic N) is 2. The maximum Gasteiger partial charge on any atom is 0.256 e. The first-order chi connectivity index (χ1) is 13.2. The van der Waals surface area contributed by atoms with Crippen molar-refractivity contribution in [1.82, 2.24) is 0 Å². The van der Waals surface area contributed by atoms with E-state index in [0.717, 1.165) is 0 Å². The molecule has 0 unspecified atom stereocenters. The average Bonchev–Trinajstić information content (AvgIpc) is 2.72. The van der Waals surface area contributed by atoms with Gasteiger partial charge in [0.1, 0.15) is 11.8 Å². The van der Waals surface area contributed by atoms with Gasteiger partial charge in [0.05, 0.1) is 11.6 Å². The Bertz CT molecular complexity index is 1060. The Morgan fingerprint density at radius 3 is 2.44 bits per heavy atom. The van der Waals surface area contributed by atoms with Crippen LogP contribution in [0.5, 0.6) is 5.75 Å². The molecule has 3 rings (SSSR count). The van der Waals surface area contributed by atoms with Crippen LogP contribution in [0.4, 0.5) is 5.69 Å². The largest absolute Gasteiger partial charge is 0.479 e. The smallest absolute Gasteiger partial charge is 0.256 e. The third-order valence-corrected chi connectivity index (χ3v) is 3.90. The molecule has 0 aromatic heterocycles. The van der Waals surface area contributed by atoms with Gasteiger partial charge in [-0.15, -0.1) is 0 Å². The Kier molecular flexibility index (Phi) is 5.47. The Labute approximate surface area is 157 Å². The van der Waals surface area contributed by atoms with Crippen LogP contribution in [0, 0.1) is 22.7 Å². The van der Waals surface area contributed by atoms with Gasteiger partial charge in [-0.05, 0) is 29.8 Å². The third-order valence-electron chi connectivity index (χ3n) is 3.90. The molecule has 1 amide bonds. The first-order valence-electron chi connectivity index (χ1n) is 8.22. The number of hydrogen-bond donors (Lipinski definition) is 1. The van der Waals surface area contributed by atoms with Gasteiger partial charge in [0.25, 0.3) is 5.91 Å². The van der Waals surface area contributed by atoms with Crippen LogP contribution in [-0.4, -0.2) is 12.5 Å². The molecule has 0 spiro atoms. The summed E-state index contributed by atoms with van der Waals surface area (Å²) in [5.74, 6) is 0.202. The summed E-state index contributed by atoms with van der Waals surface area (Å²) < 4.78 is 5.26. The summed E-state index contributed by atoms with van der Waals surface area (Å²) in [6.07, 6.45) is 0. The second-order valence-electron chi connectivity index (χ2n) is 5.63. The van der Waals surface area contributed by atoms with Crippen LogP contribution >= 0.6 is 0 Å². The zero-order valence-corrected chi connectivity index (χ0v) is 14.3. The van der Waals surface area contributed by atoms with E-state index in [9.17, 15) is 10.1 Å². The van der Waals surface area contributed by atoms with Gasteiger partial charge in [0, 0.05) is 22.9 Å². The van der Waals surface area contributed by atoms with E-state index in [-0.39, 0.29) is 12.5 Å². The molecule has 0 heterocycles. The van der Waals surface area contributed by atoms with Crippen LogP contribution in [0.25, 0.3) is 11.1 Å². The number of nitriles is 2. The third kappa shape index (κ3) is 4.12. The zero-order chi connectivity index (χ0) is 19.1. The van der Waals surface area contributed by atoms with Gasteiger partial charge in [-0.25, -0.2) is 0 Å². The van der Waals surface area contributed by atoms with Crippen molar-refractivity contribution in [2.75, 3.05) is 11.9 Å². The molecule has 0 bridgehead atoms. The standard InChI is InChI=1S/C22H15N3O2/c23-12-13-27-18-8-5-7-17(14-18)25-22(26)21-11-4-3-10-20(21)19-9-2-1-6-16(19)15-24/h1-11,14H,13H2,(H,25,26). The van der Waals surface area contributed by atoms with Crippen molar-refractivity contribution < 1.29 is 9.53 Å². The lowest BCUT2D eigenvalue weighted by Crippen LogP contribution is -2.13. The maximum atomic E-state index is 12.8. The second-order valence-corrected chi connectivity index (χ2v) is 5.63. The monoisotopic (exact) mass is 353 g/mol. The fraction of sp³-hybridized carbons (Fsp3) is 0.0455. The Balaban J connectivity index is 1.91. The lowest BCUT2D eigenvalue weighted by atomic mass is 9.95. The molecule has 0 aliphatic heterocycles. The fourth-order valence-corrected chi connectivity index (χ4v) is 2.71. The predicted molar refractivity (Wildman–Crippen MR) is 102 cm³/mol. The van der Waals surface area contributed by atoms with E-state index in [1.54, 1.807) is 48.5 Å². The minimum Gasteiger partial charge on any atom is -0.479 e. The second kappa shape index (κ2) is 8.33. The van der Waals surface area contributed by atoms with Crippen LogP contribution in [0.3, 0.4) is 0 Å². The number of anilines is 1. The number of benzene rings is 3. The van der Waals surface area contributed by atoms with Gasteiger partial charge in [-0.2, -0.15) is 10.5 Å². The molecule has 5 nitrogen and oxygen atoms in total. The minimum atomic E-state index is -0.296. The van der Waals surface area contributed by atoms with Crippen LogP contribution < -0.4 is 10.1 Å². The predicted octanol–water partition coefficient (Wildman–Crippen LogP) is 4.38. The lowest BCUT2D eigenvalue weighted by Gasteiger charge is -2.12. The number of carbonyl (C=O) groups is 1. The molecule has 3 aromatic carbocycles. The molecule has 0 atom stereocenters. The van der Waals surface area contributed by atoms with E-state index in [4.69, 9.17) is 10.00 Å². The SMILES string of the molecule is N#CCOc1cccc(NC(=O)c2ccccc2-c2ccccc2C#N)c1. The van der Waals surface area contributed by atoms with E-state index in [0.29, 0.717) is 33.7 Å². The molecule has 0 saturated heterocycles. The summed E-state index contributed by atoms with van der Waals surface area (Å²) >= 11 is 0. The summed E-state index contributed by atoms with van der Waals surface area (Å²) in [5, 5.41) is 20.8. The Morgan fingerprint density at radius 2 is 1.67 bits per heavy atom. The Hall–Kier alpha value is -4.09. The summed E-state index contributed by atoms with van der Waals surface area (Å²) in [5.41, 5.74) is 2.91. The Morgan fingerprint density at radius 1 is 0.926 bits per heavy atom. The molecule has 5 heteroatoms. The van der Waals surface area contributed by atoms with Crippen molar-refractivity contribution in [3.05, 3.63) is 83.9 Å². The molecular formula is C22H15N3O2. The quantitative estimate of drug-likeness (QED) is 0.737. The van der Waals surface area contributed by atoms with Crippen molar-refractivity contribution in [3.63, 3.8) is 0 Å². The first-order valence-corrected chi connectivity index (χ1v) is 8.22. The number of amides is 1. The highest BCUT2D eigenvalue weighted by atomic mass is 16.5. The van der Waals surface area contributed by atoms with E-state index in [1.165, 1.54) is 0 Å². The van der Waals surface area contributed by atoms with Crippen molar-refractivity contribution in [2.45, 2.75) is 0 Å². The first kappa shape index (κ1) is 17.7. The molecule has 3 aromatic rings. The number of rotatable bonds is 5. The lowest BCUT2D eigenvalue weighted by molar-refractivity contribution is 0.102. The van der Waals surface area contributed by atoms with E-state index in [2.05, 4.69) is 11.4 Å². The van der Waals surface area contributed by atoms with Gasteiger partial charge in [-0.3, -0.25) is 4.79 Å². The molecule has 27 heavy (non-hydrogen) atoms. The molecule has 0 radical (unpaired) electrons. The van der Waals surface area contributed by atoms with Gasteiger partial charge in [-0.1, -0.05) is 42.5 Å². The molecule has 0 aliphatic carbocycles. The fourth-order valence-electron chi connectivity index (χ4n) is 2.71. The zero-order valence-electron chi connectivity index (χ0n) is 14.3. The summed E-state index contributed by atoms with van der Waals surface area (Å²) in [4.78, 5) is 12.8. The molecule has 0 fully saturated rings. The van der Waals surface area contributed by atoms with Crippen molar-refractivity contribution >= 4 is 11.6 Å². The van der Waals surface area contributed by atoms with E-state index in [1.807, 2.05) is 30.3 Å². The van der Waals surface area contributed by atoms with Crippen molar-refractivity contribution in [2.24, 2.45) is 0 Å². The summed E-state index contributed by atoms with van der Waals surface area (Å²) in [7, 11) is 0. The number of hydrogen-bond acceptors (Lipinski definition) is 4. The minimum absolute atomic E-state index is 0.0643. The highest BCUT2D eigenvalue weighted by Gasteiger charge is 2.15. The average molecular weight is 353 g/mol. The number of ether oxygens (including phenoxy) is 1. The van der Waals surface area contributed by atoms with Crippen molar-refractivity contribution in [1.29, 1.82) is 10.5 Å². The van der Waals surface area contributed by atoms with Crippen LogP contribution in [0.15, 0.2) is 72.8 Å². The van der Waals surface area contributed by atoms with Gasteiger partial charge >= 0.3 is 0 Å². The molecule has 0 saturated carbocycles. The highest BCUT2D eigenvalue weighted by Crippen LogP contribution is 2.28. The van der Waals surface area contributed by atoms with Crippen LogP contribution in [-0.2, 0) is 0 Å². The molecule has 0 aliphatic rings. The van der Waals surface area contributed by atoms with E-state index >= 15 is 0 Å². The summed E-state index contributed by atoms with van der Waals surface area (Å²) in [6, 6.07) is 25.2. The van der Waals surface area contributed by atoms with Gasteiger partial charge < -0.3 is 10.1 Å². The number of nitrogens with one attached hydrogen (secondary N) is 1. The summed E-state index contributed by atoms with van der Waals surface area (Å²) in [6.45, 7) is -0.0643. The maximum absolute atomic E-state index is 12.8. The van der Waals surface area contributed by atoms with Gasteiger partial charge in [0.15, 0.2) is 6.61 Å². The topological polar surface area (TPSA) is 85.9 Å². The van der Waals surface area contributed by atoms with Crippen LogP contribution in [0.1, 0.15) is 15.9 Å². The van der Waals surface area contributed by atoms with Crippen LogP contribution in [0.2, 0.25) is 0 Å². The van der Waals surface area contributed by atoms with Crippen molar-refractivity contribution in [3.8, 4) is 29.0 Å². The van der Waals surface area contributed by atoms with Gasteiger partial charge in [0.2, 0.25) is 0 Å². The molecule has 1 N–H and O–H groups in total.